The van der Waals surface area contributed by atoms with Gasteiger partial charge in [0.05, 0.1) is 19.6 Å². The highest BCUT2D eigenvalue weighted by atomic mass is 19.4. The zero-order valence-electron chi connectivity index (χ0n) is 8.72. The van der Waals surface area contributed by atoms with Gasteiger partial charge in [-0.1, -0.05) is 0 Å². The van der Waals surface area contributed by atoms with Gasteiger partial charge in [-0.25, -0.2) is 0 Å². The summed E-state index contributed by atoms with van der Waals surface area (Å²) in [6.07, 6.45) is -3.31. The summed E-state index contributed by atoms with van der Waals surface area (Å²) >= 11 is 0. The third-order valence-electron chi connectivity index (χ3n) is 2.17. The Hall–Kier alpha value is -0.820. The number of nitrogens with two attached hydrogens (primary N) is 1. The van der Waals surface area contributed by atoms with Gasteiger partial charge >= 0.3 is 6.18 Å². The predicted molar refractivity (Wildman–Crippen MR) is 50.6 cm³/mol. The topological polar surface area (TPSA) is 64.4 Å². The second-order valence-corrected chi connectivity index (χ2v) is 3.84. The highest BCUT2D eigenvalue weighted by Gasteiger charge is 2.29. The molecule has 0 aromatic carbocycles. The monoisotopic (exact) mass is 240 g/mol. The minimum absolute atomic E-state index is 0.109. The molecule has 1 atom stereocenters. The molecular formula is C9H15F3N2O2. The van der Waals surface area contributed by atoms with Crippen LogP contribution in [0.2, 0.25) is 0 Å². The first-order valence-electron chi connectivity index (χ1n) is 5.08. The molecule has 0 aromatic rings. The van der Waals surface area contributed by atoms with E-state index in [-0.39, 0.29) is 12.6 Å². The van der Waals surface area contributed by atoms with Crippen molar-refractivity contribution in [2.24, 2.45) is 5.73 Å². The summed E-state index contributed by atoms with van der Waals surface area (Å²) in [6.45, 7) is -0.554. The Morgan fingerprint density at radius 2 is 2.12 bits per heavy atom. The summed E-state index contributed by atoms with van der Waals surface area (Å²) in [5.74, 6) is -0.598. The largest absolute Gasteiger partial charge is 0.391 e. The maximum Gasteiger partial charge on any atom is 0.391 e. The number of carbonyl (C=O) groups excluding carboxylic acids is 1. The van der Waals surface area contributed by atoms with Crippen molar-refractivity contribution in [2.75, 3.05) is 13.2 Å². The van der Waals surface area contributed by atoms with Crippen LogP contribution in [0.3, 0.4) is 0 Å². The number of hydrogen-bond donors (Lipinski definition) is 2. The van der Waals surface area contributed by atoms with Crippen molar-refractivity contribution in [3.63, 3.8) is 0 Å². The van der Waals surface area contributed by atoms with Crippen molar-refractivity contribution in [1.82, 2.24) is 5.32 Å². The number of carbonyl (C=O) groups is 1. The molecule has 1 unspecified atom stereocenters. The molecule has 94 valence electrons. The fraction of sp³-hybridized carbons (Fsp3) is 0.889. The molecule has 16 heavy (non-hydrogen) atoms. The Morgan fingerprint density at radius 3 is 2.56 bits per heavy atom. The van der Waals surface area contributed by atoms with E-state index in [1.165, 1.54) is 0 Å². The summed E-state index contributed by atoms with van der Waals surface area (Å²) in [4.78, 5) is 10.9. The summed E-state index contributed by atoms with van der Waals surface area (Å²) < 4.78 is 40.1. The van der Waals surface area contributed by atoms with Crippen LogP contribution in [0.5, 0.6) is 0 Å². The van der Waals surface area contributed by atoms with Gasteiger partial charge < -0.3 is 15.8 Å². The molecular weight excluding hydrogens is 225 g/mol. The molecule has 0 spiro atoms. The quantitative estimate of drug-likeness (QED) is 0.639. The van der Waals surface area contributed by atoms with Crippen molar-refractivity contribution in [3.8, 4) is 0 Å². The van der Waals surface area contributed by atoms with Gasteiger partial charge in [0, 0.05) is 6.04 Å². The van der Waals surface area contributed by atoms with Gasteiger partial charge in [-0.2, -0.15) is 13.2 Å². The van der Waals surface area contributed by atoms with E-state index >= 15 is 0 Å². The van der Waals surface area contributed by atoms with Gasteiger partial charge in [0.2, 0.25) is 5.91 Å². The first-order valence-corrected chi connectivity index (χ1v) is 5.08. The highest BCUT2D eigenvalue weighted by molar-refractivity contribution is 5.80. The van der Waals surface area contributed by atoms with Crippen LogP contribution in [0.25, 0.3) is 0 Å². The molecule has 0 radical (unpaired) electrons. The van der Waals surface area contributed by atoms with Crippen molar-refractivity contribution in [1.29, 1.82) is 0 Å². The summed E-state index contributed by atoms with van der Waals surface area (Å²) in [6, 6.07) is -0.440. The average Bonchev–Trinajstić information content (AvgIpc) is 2.91. The number of ether oxygens (including phenoxy) is 1. The third-order valence-corrected chi connectivity index (χ3v) is 2.17. The summed E-state index contributed by atoms with van der Waals surface area (Å²) in [5, 5.41) is 2.91. The Balaban J connectivity index is 2.14. The molecule has 1 fully saturated rings. The lowest BCUT2D eigenvalue weighted by Crippen LogP contribution is -2.45. The van der Waals surface area contributed by atoms with Gasteiger partial charge in [0.25, 0.3) is 0 Å². The van der Waals surface area contributed by atoms with Crippen LogP contribution in [-0.4, -0.2) is 37.4 Å². The van der Waals surface area contributed by atoms with Crippen LogP contribution in [0.15, 0.2) is 0 Å². The van der Waals surface area contributed by atoms with E-state index in [0.29, 0.717) is 0 Å². The van der Waals surface area contributed by atoms with Crippen LogP contribution in [0, 0.1) is 0 Å². The van der Waals surface area contributed by atoms with Crippen LogP contribution in [0.1, 0.15) is 19.3 Å². The first kappa shape index (κ1) is 13.2. The number of rotatable bonds is 7. The smallest absolute Gasteiger partial charge is 0.379 e. The molecule has 1 rings (SSSR count). The molecule has 1 saturated carbocycles. The van der Waals surface area contributed by atoms with Crippen LogP contribution < -0.4 is 11.1 Å². The fourth-order valence-corrected chi connectivity index (χ4v) is 1.14. The van der Waals surface area contributed by atoms with E-state index in [1.807, 2.05) is 0 Å². The standard InChI is InChI=1S/C9H15F3N2O2/c10-9(11,12)3-4-16-5-7(8(13)15)14-6-1-2-6/h6-7,14H,1-5H2,(H2,13,15). The SMILES string of the molecule is NC(=O)C(COCCC(F)(F)F)NC1CC1. The maximum atomic E-state index is 11.8. The van der Waals surface area contributed by atoms with Crippen molar-refractivity contribution >= 4 is 5.91 Å². The minimum atomic E-state index is -4.23. The Kier molecular flexibility index (Phi) is 4.55. The zero-order valence-corrected chi connectivity index (χ0v) is 8.72. The van der Waals surface area contributed by atoms with Crippen molar-refractivity contribution in [3.05, 3.63) is 0 Å². The molecule has 1 amide bonds. The van der Waals surface area contributed by atoms with E-state index < -0.39 is 31.2 Å². The van der Waals surface area contributed by atoms with Gasteiger partial charge in [0.1, 0.15) is 6.04 Å². The lowest BCUT2D eigenvalue weighted by atomic mass is 10.3. The third kappa shape index (κ3) is 5.92. The van der Waals surface area contributed by atoms with E-state index in [4.69, 9.17) is 10.5 Å². The minimum Gasteiger partial charge on any atom is -0.379 e. The molecule has 3 N–H and O–H groups in total. The average molecular weight is 240 g/mol. The maximum absolute atomic E-state index is 11.8. The number of primary amides is 1. The van der Waals surface area contributed by atoms with Gasteiger partial charge in [-0.05, 0) is 12.8 Å². The first-order chi connectivity index (χ1) is 7.38. The molecule has 0 saturated heterocycles. The highest BCUT2D eigenvalue weighted by Crippen LogP contribution is 2.20. The second kappa shape index (κ2) is 5.49. The number of alkyl halides is 3. The second-order valence-electron chi connectivity index (χ2n) is 3.84. The molecule has 4 nitrogen and oxygen atoms in total. The van der Waals surface area contributed by atoms with Gasteiger partial charge in [0.15, 0.2) is 0 Å². The van der Waals surface area contributed by atoms with Crippen LogP contribution in [0.4, 0.5) is 13.2 Å². The van der Waals surface area contributed by atoms with E-state index in [1.54, 1.807) is 0 Å². The van der Waals surface area contributed by atoms with Crippen LogP contribution >= 0.6 is 0 Å². The fourth-order valence-electron chi connectivity index (χ4n) is 1.14. The molecule has 1 aliphatic carbocycles. The Bertz CT molecular complexity index is 241. The number of hydrogen-bond acceptors (Lipinski definition) is 3. The lowest BCUT2D eigenvalue weighted by Gasteiger charge is -2.15. The zero-order chi connectivity index (χ0) is 12.2. The molecule has 0 aliphatic heterocycles. The number of amides is 1. The molecule has 7 heteroatoms. The molecule has 0 aromatic heterocycles. The van der Waals surface area contributed by atoms with Crippen molar-refractivity contribution in [2.45, 2.75) is 37.5 Å². The molecule has 1 aliphatic rings. The van der Waals surface area contributed by atoms with E-state index in [2.05, 4.69) is 5.32 Å². The molecule has 0 bridgehead atoms. The van der Waals surface area contributed by atoms with Crippen LogP contribution in [-0.2, 0) is 9.53 Å². The number of nitrogens with one attached hydrogen (secondary N) is 1. The Morgan fingerprint density at radius 1 is 1.50 bits per heavy atom. The normalized spacial score (nSPS) is 18.4. The predicted octanol–water partition coefficient (Wildman–Crippen LogP) is 0.561. The van der Waals surface area contributed by atoms with Crippen molar-refractivity contribution < 1.29 is 22.7 Å². The number of halogens is 3. The van der Waals surface area contributed by atoms with Gasteiger partial charge in [-0.3, -0.25) is 4.79 Å². The van der Waals surface area contributed by atoms with E-state index in [9.17, 15) is 18.0 Å². The molecule has 0 heterocycles. The summed E-state index contributed by atoms with van der Waals surface area (Å²) in [7, 11) is 0. The Labute approximate surface area is 91.3 Å². The van der Waals surface area contributed by atoms with Gasteiger partial charge in [-0.15, -0.1) is 0 Å². The van der Waals surface area contributed by atoms with E-state index in [0.717, 1.165) is 12.8 Å². The summed E-state index contributed by atoms with van der Waals surface area (Å²) in [5.41, 5.74) is 5.08. The lowest BCUT2D eigenvalue weighted by molar-refractivity contribution is -0.146.